The minimum absolute atomic E-state index is 0.122. The number of hydrogen-bond acceptors (Lipinski definition) is 6. The van der Waals surface area contributed by atoms with Crippen molar-refractivity contribution in [3.63, 3.8) is 0 Å². The van der Waals surface area contributed by atoms with Crippen LogP contribution in [0.1, 0.15) is 168 Å². The van der Waals surface area contributed by atoms with Crippen molar-refractivity contribution >= 4 is 19.4 Å². The Hall–Kier alpha value is -1.37. The maximum absolute atomic E-state index is 13.9. The second-order valence-electron chi connectivity index (χ2n) is 13.8. The highest BCUT2D eigenvalue weighted by molar-refractivity contribution is 7.53. The molecule has 0 unspecified atom stereocenters. The molecule has 0 aromatic heterocycles. The summed E-state index contributed by atoms with van der Waals surface area (Å²) >= 11 is 0. The van der Waals surface area contributed by atoms with Crippen LogP contribution < -0.4 is 10.6 Å². The Morgan fingerprint density at radius 1 is 0.500 bits per heavy atom. The molecule has 0 fully saturated rings. The first-order valence-electron chi connectivity index (χ1n) is 20.1. The van der Waals surface area contributed by atoms with E-state index in [0.717, 1.165) is 51.4 Å². The van der Waals surface area contributed by atoms with Crippen LogP contribution in [0.2, 0.25) is 0 Å². The van der Waals surface area contributed by atoms with Gasteiger partial charge in [-0.05, 0) is 12.8 Å². The molecule has 0 aliphatic heterocycles. The topological polar surface area (TPSA) is 97.0 Å². The minimum atomic E-state index is -5.12. The highest BCUT2D eigenvalue weighted by Crippen LogP contribution is 2.49. The fourth-order valence-electron chi connectivity index (χ4n) is 5.77. The maximum Gasteiger partial charge on any atom is 0.471 e. The van der Waals surface area contributed by atoms with Gasteiger partial charge in [0.15, 0.2) is 0 Å². The summed E-state index contributed by atoms with van der Waals surface area (Å²) in [7, 11) is -3.88. The van der Waals surface area contributed by atoms with Gasteiger partial charge < -0.3 is 19.7 Å². The molecule has 0 saturated carbocycles. The number of nitrogens with zero attached hydrogens (tertiary/aromatic N) is 1. The molecule has 0 atom stereocenters. The van der Waals surface area contributed by atoms with Gasteiger partial charge in [0.1, 0.15) is 6.29 Å². The zero-order chi connectivity index (χ0) is 39.0. The van der Waals surface area contributed by atoms with Gasteiger partial charge in [0.05, 0.1) is 13.2 Å². The summed E-state index contributed by atoms with van der Waals surface area (Å²) in [4.78, 5) is 23.9. The third-order valence-electron chi connectivity index (χ3n) is 8.89. The van der Waals surface area contributed by atoms with E-state index in [1.165, 1.54) is 94.8 Å². The molecule has 0 aromatic rings. The summed E-state index contributed by atoms with van der Waals surface area (Å²) in [5.41, 5.74) is 0. The second-order valence-corrected chi connectivity index (χ2v) is 15.8. The molecule has 0 heterocycles. The fraction of sp³-hybridized carbons (Fsp3) is 0.946. The molecule has 0 radical (unpaired) electrons. The Kier molecular flexibility index (Phi) is 31.1. The lowest BCUT2D eigenvalue weighted by molar-refractivity contribution is -0.173. The quantitative estimate of drug-likeness (QED) is 0.0373. The molecule has 52 heavy (non-hydrogen) atoms. The summed E-state index contributed by atoms with van der Waals surface area (Å²) in [5, 5.41) is 3.42. The van der Waals surface area contributed by atoms with E-state index in [1.807, 2.05) is 0 Å². The molecule has 0 saturated heterocycles. The summed E-state index contributed by atoms with van der Waals surface area (Å²) in [5.74, 6) is -4.35. The van der Waals surface area contributed by atoms with E-state index in [4.69, 9.17) is 9.05 Å². The van der Waals surface area contributed by atoms with E-state index in [1.54, 1.807) is 10.6 Å². The van der Waals surface area contributed by atoms with Crippen molar-refractivity contribution in [2.45, 2.75) is 180 Å². The molecule has 0 bridgehead atoms. The van der Waals surface area contributed by atoms with Crippen LogP contribution in [0.3, 0.4) is 0 Å². The summed E-state index contributed by atoms with van der Waals surface area (Å²) in [6.07, 6.45) is 16.4. The molecule has 8 nitrogen and oxygen atoms in total. The number of rotatable bonds is 36. The predicted octanol–water partition coefficient (Wildman–Crippen LogP) is 11.2. The number of nitrogens with one attached hydrogen (secondary N) is 2. The van der Waals surface area contributed by atoms with Crippen LogP contribution in [0.15, 0.2) is 0 Å². The van der Waals surface area contributed by atoms with E-state index in [2.05, 4.69) is 13.8 Å². The van der Waals surface area contributed by atoms with Gasteiger partial charge in [-0.3, -0.25) is 19.1 Å². The van der Waals surface area contributed by atoms with Gasteiger partial charge in [-0.1, -0.05) is 155 Å². The van der Waals surface area contributed by atoms with Crippen molar-refractivity contribution in [2.24, 2.45) is 0 Å². The van der Waals surface area contributed by atoms with E-state index >= 15 is 0 Å². The number of halogens is 6. The number of alkyl halides is 6. The fourth-order valence-corrected chi connectivity index (χ4v) is 7.59. The molecule has 0 aliphatic rings. The Balaban J connectivity index is 5.02. The number of hydrogen-bond donors (Lipinski definition) is 2. The average Bonchev–Trinajstić information content (AvgIpc) is 3.08. The number of carbonyl (C=O) groups excluding carboxylic acids is 2. The Labute approximate surface area is 310 Å². The van der Waals surface area contributed by atoms with E-state index in [9.17, 15) is 40.5 Å². The molecule has 0 aromatic carbocycles. The highest BCUT2D eigenvalue weighted by atomic mass is 31.2. The first-order valence-corrected chi connectivity index (χ1v) is 21.8. The third-order valence-corrected chi connectivity index (χ3v) is 10.8. The van der Waals surface area contributed by atoms with Crippen molar-refractivity contribution in [1.82, 2.24) is 15.5 Å². The number of carbonyl (C=O) groups is 2. The first kappa shape index (κ1) is 50.6. The van der Waals surface area contributed by atoms with Gasteiger partial charge >= 0.3 is 31.8 Å². The van der Waals surface area contributed by atoms with Crippen LogP contribution >= 0.6 is 7.60 Å². The summed E-state index contributed by atoms with van der Waals surface area (Å²) < 4.78 is 102. The summed E-state index contributed by atoms with van der Waals surface area (Å²) in [6, 6.07) is 0. The van der Waals surface area contributed by atoms with E-state index < -0.39 is 51.1 Å². The average molecular weight is 782 g/mol. The van der Waals surface area contributed by atoms with Crippen LogP contribution in [-0.2, 0) is 23.2 Å². The molecule has 0 spiro atoms. The van der Waals surface area contributed by atoms with E-state index in [-0.39, 0.29) is 26.3 Å². The molecule has 15 heteroatoms. The molecule has 310 valence electrons. The van der Waals surface area contributed by atoms with Gasteiger partial charge in [-0.15, -0.1) is 0 Å². The normalized spacial score (nSPS) is 12.5. The third kappa shape index (κ3) is 31.0. The summed E-state index contributed by atoms with van der Waals surface area (Å²) in [6.45, 7) is 3.01. The second kappa shape index (κ2) is 31.9. The van der Waals surface area contributed by atoms with Crippen molar-refractivity contribution in [1.29, 1.82) is 0 Å². The number of unbranched alkanes of at least 4 members (excludes halogenated alkanes) is 22. The largest absolute Gasteiger partial charge is 0.471 e. The van der Waals surface area contributed by atoms with Gasteiger partial charge in [0, 0.05) is 26.2 Å². The zero-order valence-corrected chi connectivity index (χ0v) is 33.0. The lowest BCUT2D eigenvalue weighted by Gasteiger charge is -2.27. The van der Waals surface area contributed by atoms with Crippen molar-refractivity contribution in [3.8, 4) is 0 Å². The van der Waals surface area contributed by atoms with Gasteiger partial charge in [0.25, 0.3) is 0 Å². The first-order chi connectivity index (χ1) is 24.7. The van der Waals surface area contributed by atoms with Gasteiger partial charge in [-0.25, -0.2) is 0 Å². The van der Waals surface area contributed by atoms with E-state index in [0.29, 0.717) is 12.8 Å². The predicted molar refractivity (Wildman–Crippen MR) is 196 cm³/mol. The lowest BCUT2D eigenvalue weighted by Crippen LogP contribution is -2.44. The van der Waals surface area contributed by atoms with Crippen LogP contribution in [-0.4, -0.2) is 74.7 Å². The Morgan fingerprint density at radius 2 is 0.769 bits per heavy atom. The molecule has 0 rings (SSSR count). The SMILES string of the molecule is CCCCCCCCCCCCCCOP(=O)(CN(CCNC(=O)C(F)(F)F)CCNC(=O)C(F)(F)F)OCCCCCCCCCCCCCC. The number of amides is 2. The van der Waals surface area contributed by atoms with Gasteiger partial charge in [0.2, 0.25) is 0 Å². The standard InChI is InChI=1S/C37H70F6N3O5P/c1-3-5-7-9-11-13-15-17-19-21-23-25-31-50-52(49,51-32-26-24-22-20-18-16-14-12-10-8-6-4-2)33-46(29-27-44-34(47)36(38,39)40)30-28-45-35(48)37(41,42)43/h3-33H2,1-2H3,(H,44,47)(H,45,48). The maximum atomic E-state index is 13.9. The van der Waals surface area contributed by atoms with Gasteiger partial charge in [-0.2, -0.15) is 26.3 Å². The van der Waals surface area contributed by atoms with Crippen LogP contribution in [0.5, 0.6) is 0 Å². The lowest BCUT2D eigenvalue weighted by atomic mass is 10.1. The molecule has 0 aliphatic carbocycles. The van der Waals surface area contributed by atoms with Crippen molar-refractivity contribution < 1.29 is 49.5 Å². The zero-order valence-electron chi connectivity index (χ0n) is 32.1. The van der Waals surface area contributed by atoms with Crippen LogP contribution in [0, 0.1) is 0 Å². The van der Waals surface area contributed by atoms with Crippen molar-refractivity contribution in [2.75, 3.05) is 45.7 Å². The monoisotopic (exact) mass is 781 g/mol. The Bertz CT molecular complexity index is 861. The highest BCUT2D eigenvalue weighted by Gasteiger charge is 2.39. The molecule has 2 amide bonds. The minimum Gasteiger partial charge on any atom is -0.347 e. The molecular formula is C37H70F6N3O5P. The smallest absolute Gasteiger partial charge is 0.347 e. The Morgan fingerprint density at radius 3 is 1.04 bits per heavy atom. The molecular weight excluding hydrogens is 711 g/mol. The molecule has 2 N–H and O–H groups in total. The van der Waals surface area contributed by atoms with Crippen molar-refractivity contribution in [3.05, 3.63) is 0 Å². The van der Waals surface area contributed by atoms with Crippen LogP contribution in [0.25, 0.3) is 0 Å². The van der Waals surface area contributed by atoms with Crippen LogP contribution in [0.4, 0.5) is 26.3 Å².